The summed E-state index contributed by atoms with van der Waals surface area (Å²) < 4.78 is 0. The van der Waals surface area contributed by atoms with Crippen molar-refractivity contribution in [1.82, 2.24) is 9.97 Å². The van der Waals surface area contributed by atoms with E-state index in [0.717, 1.165) is 22.0 Å². The number of anilines is 3. The summed E-state index contributed by atoms with van der Waals surface area (Å²) in [4.78, 5) is 9.55. The van der Waals surface area contributed by atoms with Gasteiger partial charge in [0.25, 0.3) is 0 Å². The Balaban J connectivity index is 0.000000172. The molecule has 5 rings (SSSR count). The van der Waals surface area contributed by atoms with Crippen molar-refractivity contribution in [2.75, 3.05) is 16.8 Å². The van der Waals surface area contributed by atoms with Crippen LogP contribution in [0.25, 0.3) is 21.8 Å². The highest BCUT2D eigenvalue weighted by Gasteiger charge is 2.13. The zero-order valence-electron chi connectivity index (χ0n) is 17.8. The Kier molecular flexibility index (Phi) is 6.74. The molecular weight excluding hydrogens is 466 g/mol. The summed E-state index contributed by atoms with van der Waals surface area (Å²) in [7, 11) is 0. The lowest BCUT2D eigenvalue weighted by Crippen LogP contribution is -2.05. The van der Waals surface area contributed by atoms with E-state index in [2.05, 4.69) is 27.4 Å². The standard InChI is InChI=1S/C15H12N4S.C10H6ClN3/c16-8-12-14(18-9-10-4-3-7-20-10)11-5-1-2-6-13(11)19-15(12)17;11-9-6-3-1-2-4-8(6)14-10(13)7(9)5-12/h1-7H,9H2,(H3,17,18,19);1-4H,(H2,13,14). The van der Waals surface area contributed by atoms with E-state index in [4.69, 9.17) is 28.3 Å². The first-order valence-corrected chi connectivity index (χ1v) is 11.4. The molecule has 3 aromatic heterocycles. The molecule has 9 heteroatoms. The van der Waals surface area contributed by atoms with Crippen molar-refractivity contribution < 1.29 is 0 Å². The molecule has 34 heavy (non-hydrogen) atoms. The van der Waals surface area contributed by atoms with E-state index in [-0.39, 0.29) is 17.2 Å². The number of nitrogens with two attached hydrogens (primary N) is 2. The minimum absolute atomic E-state index is 0.177. The van der Waals surface area contributed by atoms with Gasteiger partial charge in [-0.15, -0.1) is 11.3 Å². The molecule has 0 aliphatic heterocycles. The number of nitrogens with zero attached hydrogens (tertiary/aromatic N) is 4. The van der Waals surface area contributed by atoms with Crippen molar-refractivity contribution in [3.8, 4) is 12.1 Å². The normalized spacial score (nSPS) is 10.2. The lowest BCUT2D eigenvalue weighted by Gasteiger charge is -2.12. The number of nitrogen functional groups attached to an aromatic ring is 2. The van der Waals surface area contributed by atoms with Crippen molar-refractivity contribution in [3.63, 3.8) is 0 Å². The van der Waals surface area contributed by atoms with E-state index < -0.39 is 0 Å². The van der Waals surface area contributed by atoms with Gasteiger partial charge in [0.05, 0.1) is 21.7 Å². The molecule has 3 heterocycles. The average Bonchev–Trinajstić information content (AvgIpc) is 3.37. The number of hydrogen-bond acceptors (Lipinski definition) is 8. The van der Waals surface area contributed by atoms with E-state index in [0.29, 0.717) is 22.6 Å². The van der Waals surface area contributed by atoms with E-state index in [9.17, 15) is 5.26 Å². The van der Waals surface area contributed by atoms with Gasteiger partial charge in [-0.3, -0.25) is 0 Å². The minimum Gasteiger partial charge on any atom is -0.383 e. The van der Waals surface area contributed by atoms with Crippen LogP contribution in [0.3, 0.4) is 0 Å². The molecule has 0 amide bonds. The quantitative estimate of drug-likeness (QED) is 0.299. The van der Waals surface area contributed by atoms with Gasteiger partial charge in [0, 0.05) is 22.2 Å². The molecule has 2 aromatic carbocycles. The Morgan fingerprint density at radius 3 is 2.03 bits per heavy atom. The number of aromatic nitrogens is 2. The fourth-order valence-corrected chi connectivity index (χ4v) is 4.36. The average molecular weight is 484 g/mol. The molecule has 0 atom stereocenters. The summed E-state index contributed by atoms with van der Waals surface area (Å²) in [5, 5.41) is 25.5. The lowest BCUT2D eigenvalue weighted by molar-refractivity contribution is 1.19. The summed E-state index contributed by atoms with van der Waals surface area (Å²) >= 11 is 7.68. The van der Waals surface area contributed by atoms with Crippen LogP contribution in [0.4, 0.5) is 17.3 Å². The fraction of sp³-hybridized carbons (Fsp3) is 0.0400. The van der Waals surface area contributed by atoms with Crippen molar-refractivity contribution in [3.05, 3.63) is 87.1 Å². The third kappa shape index (κ3) is 4.55. The predicted octanol–water partition coefficient (Wildman–Crippen LogP) is 5.70. The second-order valence-corrected chi connectivity index (χ2v) is 8.53. The zero-order chi connectivity index (χ0) is 24.1. The van der Waals surface area contributed by atoms with Crippen LogP contribution in [0.15, 0.2) is 66.0 Å². The van der Waals surface area contributed by atoms with E-state index in [1.165, 1.54) is 4.88 Å². The Labute approximate surface area is 204 Å². The lowest BCUT2D eigenvalue weighted by atomic mass is 10.1. The molecule has 7 nitrogen and oxygen atoms in total. The number of halogens is 1. The number of thiophene rings is 1. The first-order valence-electron chi connectivity index (χ1n) is 10.1. The monoisotopic (exact) mass is 483 g/mol. The molecule has 0 saturated heterocycles. The van der Waals surface area contributed by atoms with Gasteiger partial charge in [0.1, 0.15) is 34.9 Å². The summed E-state index contributed by atoms with van der Waals surface area (Å²) in [5.41, 5.74) is 14.3. The number of para-hydroxylation sites is 2. The highest BCUT2D eigenvalue weighted by atomic mass is 35.5. The molecule has 0 saturated carbocycles. The number of rotatable bonds is 3. The second kappa shape index (κ2) is 10.1. The van der Waals surface area contributed by atoms with Crippen molar-refractivity contribution in [1.29, 1.82) is 10.5 Å². The zero-order valence-corrected chi connectivity index (χ0v) is 19.4. The number of benzene rings is 2. The van der Waals surface area contributed by atoms with Crippen LogP contribution < -0.4 is 16.8 Å². The highest BCUT2D eigenvalue weighted by Crippen LogP contribution is 2.30. The number of hydrogen-bond donors (Lipinski definition) is 3. The van der Waals surface area contributed by atoms with E-state index >= 15 is 0 Å². The predicted molar refractivity (Wildman–Crippen MR) is 138 cm³/mol. The van der Waals surface area contributed by atoms with Crippen molar-refractivity contribution >= 4 is 62.1 Å². The molecule has 0 aliphatic rings. The van der Waals surface area contributed by atoms with Gasteiger partial charge in [-0.2, -0.15) is 10.5 Å². The van der Waals surface area contributed by atoms with Crippen molar-refractivity contribution in [2.24, 2.45) is 0 Å². The van der Waals surface area contributed by atoms with Gasteiger partial charge in [-0.05, 0) is 23.6 Å². The van der Waals surface area contributed by atoms with Crippen LogP contribution in [-0.4, -0.2) is 9.97 Å². The van der Waals surface area contributed by atoms with Crippen LogP contribution in [0.2, 0.25) is 5.02 Å². The van der Waals surface area contributed by atoms with Crippen LogP contribution >= 0.6 is 22.9 Å². The molecule has 5 aromatic rings. The minimum atomic E-state index is 0.177. The number of nitriles is 2. The van der Waals surface area contributed by atoms with Gasteiger partial charge in [-0.1, -0.05) is 54.1 Å². The summed E-state index contributed by atoms with van der Waals surface area (Å²) in [5.74, 6) is 0.441. The molecule has 0 radical (unpaired) electrons. The fourth-order valence-electron chi connectivity index (χ4n) is 3.41. The first-order chi connectivity index (χ1) is 16.5. The number of fused-ring (bicyclic) bond motifs is 2. The molecule has 166 valence electrons. The van der Waals surface area contributed by atoms with Gasteiger partial charge in [-0.25, -0.2) is 9.97 Å². The summed E-state index contributed by atoms with van der Waals surface area (Å²) in [6.45, 7) is 0.666. The summed E-state index contributed by atoms with van der Waals surface area (Å²) in [6, 6.07) is 23.1. The van der Waals surface area contributed by atoms with Gasteiger partial charge in [0.2, 0.25) is 0 Å². The molecule has 0 fully saturated rings. The third-order valence-corrected chi connectivity index (χ3v) is 6.29. The van der Waals surface area contributed by atoms with Gasteiger partial charge < -0.3 is 16.8 Å². The maximum absolute atomic E-state index is 9.31. The summed E-state index contributed by atoms with van der Waals surface area (Å²) in [6.07, 6.45) is 0. The molecule has 5 N–H and O–H groups in total. The van der Waals surface area contributed by atoms with Gasteiger partial charge in [0.15, 0.2) is 0 Å². The Hall–Kier alpha value is -4.37. The first kappa shape index (κ1) is 22.8. The molecule has 0 unspecified atom stereocenters. The van der Waals surface area contributed by atoms with Gasteiger partial charge >= 0.3 is 0 Å². The Morgan fingerprint density at radius 1 is 0.824 bits per heavy atom. The SMILES string of the molecule is N#Cc1c(N)nc2ccccc2c1Cl.N#Cc1c(N)nc2ccccc2c1NCc1cccs1. The maximum Gasteiger partial charge on any atom is 0.144 e. The number of nitrogens with one attached hydrogen (secondary N) is 1. The highest BCUT2D eigenvalue weighted by molar-refractivity contribution is 7.09. The molecule has 0 spiro atoms. The topological polar surface area (TPSA) is 137 Å². The van der Waals surface area contributed by atoms with Crippen LogP contribution in [0.1, 0.15) is 16.0 Å². The number of pyridine rings is 2. The van der Waals surface area contributed by atoms with Crippen LogP contribution in [-0.2, 0) is 6.54 Å². The van der Waals surface area contributed by atoms with E-state index in [1.807, 2.05) is 60.0 Å². The molecule has 0 bridgehead atoms. The molecular formula is C25H18ClN7S. The Morgan fingerprint density at radius 2 is 1.41 bits per heavy atom. The maximum atomic E-state index is 9.31. The van der Waals surface area contributed by atoms with Crippen molar-refractivity contribution in [2.45, 2.75) is 6.54 Å². The molecule has 0 aliphatic carbocycles. The third-order valence-electron chi connectivity index (χ3n) is 5.02. The largest absolute Gasteiger partial charge is 0.383 e. The second-order valence-electron chi connectivity index (χ2n) is 7.12. The van der Waals surface area contributed by atoms with E-state index in [1.54, 1.807) is 17.4 Å². The van der Waals surface area contributed by atoms with Crippen LogP contribution in [0, 0.1) is 22.7 Å². The smallest absolute Gasteiger partial charge is 0.144 e. The Bertz CT molecular complexity index is 1570. The van der Waals surface area contributed by atoms with Crippen LogP contribution in [0.5, 0.6) is 0 Å².